The van der Waals surface area contributed by atoms with Gasteiger partial charge in [-0.15, -0.1) is 0 Å². The van der Waals surface area contributed by atoms with Gasteiger partial charge in [0, 0.05) is 12.3 Å². The number of hydrogen-bond acceptors (Lipinski definition) is 3. The molecule has 20 heavy (non-hydrogen) atoms. The molecule has 0 saturated heterocycles. The Balaban J connectivity index is 2.03. The second-order valence-electron chi connectivity index (χ2n) is 5.80. The van der Waals surface area contributed by atoms with E-state index in [0.717, 1.165) is 18.4 Å². The second-order valence-corrected chi connectivity index (χ2v) is 5.80. The Labute approximate surface area is 121 Å². The molecule has 0 N–H and O–H groups in total. The zero-order chi connectivity index (χ0) is 14.5. The number of ketones is 1. The summed E-state index contributed by atoms with van der Waals surface area (Å²) >= 11 is 0. The minimum absolute atomic E-state index is 0.242. The lowest BCUT2D eigenvalue weighted by atomic mass is 9.79. The van der Waals surface area contributed by atoms with Gasteiger partial charge in [-0.05, 0) is 36.5 Å². The highest BCUT2D eigenvalue weighted by atomic mass is 16.5. The summed E-state index contributed by atoms with van der Waals surface area (Å²) in [5, 5.41) is 0. The maximum absolute atomic E-state index is 12.4. The van der Waals surface area contributed by atoms with Crippen LogP contribution in [0.1, 0.15) is 38.2 Å². The van der Waals surface area contributed by atoms with Crippen molar-refractivity contribution in [3.63, 3.8) is 0 Å². The van der Waals surface area contributed by atoms with Crippen LogP contribution in [-0.2, 0) is 11.2 Å². The van der Waals surface area contributed by atoms with Crippen LogP contribution in [0.15, 0.2) is 18.2 Å². The van der Waals surface area contributed by atoms with Crippen LogP contribution >= 0.6 is 0 Å². The molecule has 0 bridgehead atoms. The maximum Gasteiger partial charge on any atom is 0.161 e. The molecule has 1 aliphatic carbocycles. The lowest BCUT2D eigenvalue weighted by molar-refractivity contribution is -0.123. The van der Waals surface area contributed by atoms with Gasteiger partial charge in [0.2, 0.25) is 0 Å². The number of Topliss-reactive ketones (excluding diaryl/α,β-unsaturated/α-hetero) is 1. The average molecular weight is 276 g/mol. The van der Waals surface area contributed by atoms with E-state index in [-0.39, 0.29) is 5.92 Å². The molecule has 0 spiro atoms. The van der Waals surface area contributed by atoms with Gasteiger partial charge in [0.1, 0.15) is 5.78 Å². The molecule has 2 unspecified atom stereocenters. The molecule has 110 valence electrons. The van der Waals surface area contributed by atoms with Gasteiger partial charge < -0.3 is 9.47 Å². The van der Waals surface area contributed by atoms with E-state index in [0.29, 0.717) is 29.6 Å². The average Bonchev–Trinajstić information content (AvgIpc) is 2.47. The first-order valence-corrected chi connectivity index (χ1v) is 7.37. The highest BCUT2D eigenvalue weighted by molar-refractivity contribution is 5.83. The van der Waals surface area contributed by atoms with Crippen molar-refractivity contribution in [3.8, 4) is 11.5 Å². The number of carbonyl (C=O) groups excluding carboxylic acids is 1. The normalized spacial score (nSPS) is 22.4. The molecule has 1 aliphatic rings. The summed E-state index contributed by atoms with van der Waals surface area (Å²) in [6.07, 6.45) is 5.05. The second kappa shape index (κ2) is 6.78. The van der Waals surface area contributed by atoms with Crippen LogP contribution in [0.2, 0.25) is 0 Å². The number of methoxy groups -OCH3 is 2. The molecule has 0 radical (unpaired) electrons. The van der Waals surface area contributed by atoms with Gasteiger partial charge >= 0.3 is 0 Å². The monoisotopic (exact) mass is 276 g/mol. The number of ether oxygens (including phenoxy) is 2. The third-order valence-corrected chi connectivity index (χ3v) is 4.22. The van der Waals surface area contributed by atoms with E-state index in [9.17, 15) is 4.79 Å². The van der Waals surface area contributed by atoms with E-state index >= 15 is 0 Å². The largest absolute Gasteiger partial charge is 0.493 e. The Morgan fingerprint density at radius 1 is 1.20 bits per heavy atom. The molecule has 2 rings (SSSR count). The third-order valence-electron chi connectivity index (χ3n) is 4.22. The molecule has 0 aromatic heterocycles. The molecule has 1 saturated carbocycles. The Morgan fingerprint density at radius 3 is 2.60 bits per heavy atom. The van der Waals surface area contributed by atoms with Crippen LogP contribution in [0.3, 0.4) is 0 Å². The topological polar surface area (TPSA) is 35.5 Å². The molecule has 0 aliphatic heterocycles. The summed E-state index contributed by atoms with van der Waals surface area (Å²) in [5.41, 5.74) is 1.01. The van der Waals surface area contributed by atoms with E-state index in [4.69, 9.17) is 9.47 Å². The molecule has 1 aromatic carbocycles. The minimum atomic E-state index is 0.242. The van der Waals surface area contributed by atoms with Crippen molar-refractivity contribution in [2.75, 3.05) is 14.2 Å². The van der Waals surface area contributed by atoms with E-state index in [1.165, 1.54) is 12.8 Å². The van der Waals surface area contributed by atoms with Crippen molar-refractivity contribution in [1.29, 1.82) is 0 Å². The lowest BCUT2D eigenvalue weighted by Crippen LogP contribution is -2.23. The summed E-state index contributed by atoms with van der Waals surface area (Å²) in [4.78, 5) is 12.4. The first-order valence-electron chi connectivity index (χ1n) is 7.37. The van der Waals surface area contributed by atoms with Gasteiger partial charge in [-0.2, -0.15) is 0 Å². The Morgan fingerprint density at radius 2 is 1.95 bits per heavy atom. The molecule has 2 atom stereocenters. The van der Waals surface area contributed by atoms with Gasteiger partial charge in [-0.25, -0.2) is 0 Å². The zero-order valence-electron chi connectivity index (χ0n) is 12.6. The highest BCUT2D eigenvalue weighted by Gasteiger charge is 2.25. The molecule has 0 heterocycles. The smallest absolute Gasteiger partial charge is 0.161 e. The van der Waals surface area contributed by atoms with E-state index in [1.807, 2.05) is 18.2 Å². The van der Waals surface area contributed by atoms with E-state index in [1.54, 1.807) is 14.2 Å². The molecule has 3 nitrogen and oxygen atoms in total. The standard InChI is InChI=1S/C17H24O3/c1-12-5-4-6-14(9-12)15(18)10-13-7-8-16(19-2)17(11-13)20-3/h7-8,11-12,14H,4-6,9-10H2,1-3H3. The summed E-state index contributed by atoms with van der Waals surface area (Å²) < 4.78 is 10.5. The van der Waals surface area contributed by atoms with Crippen LogP contribution in [0.5, 0.6) is 11.5 Å². The van der Waals surface area contributed by atoms with Gasteiger partial charge in [0.25, 0.3) is 0 Å². The van der Waals surface area contributed by atoms with Crippen LogP contribution in [-0.4, -0.2) is 20.0 Å². The summed E-state index contributed by atoms with van der Waals surface area (Å²) in [6, 6.07) is 5.72. The van der Waals surface area contributed by atoms with Crippen molar-refractivity contribution in [2.45, 2.75) is 39.0 Å². The first-order chi connectivity index (χ1) is 9.63. The number of carbonyl (C=O) groups is 1. The maximum atomic E-state index is 12.4. The predicted molar refractivity (Wildman–Crippen MR) is 79.4 cm³/mol. The van der Waals surface area contributed by atoms with Crippen molar-refractivity contribution < 1.29 is 14.3 Å². The number of rotatable bonds is 5. The highest BCUT2D eigenvalue weighted by Crippen LogP contribution is 2.31. The number of hydrogen-bond donors (Lipinski definition) is 0. The van der Waals surface area contributed by atoms with Crippen molar-refractivity contribution in [1.82, 2.24) is 0 Å². The van der Waals surface area contributed by atoms with Crippen molar-refractivity contribution in [2.24, 2.45) is 11.8 Å². The SMILES string of the molecule is COc1ccc(CC(=O)C2CCCC(C)C2)cc1OC. The zero-order valence-corrected chi connectivity index (χ0v) is 12.6. The molecule has 1 fully saturated rings. The van der Waals surface area contributed by atoms with Crippen molar-refractivity contribution >= 4 is 5.78 Å². The van der Waals surface area contributed by atoms with Gasteiger partial charge in [0.05, 0.1) is 14.2 Å². The number of benzene rings is 1. The first kappa shape index (κ1) is 14.9. The van der Waals surface area contributed by atoms with Crippen LogP contribution < -0.4 is 9.47 Å². The Bertz CT molecular complexity index is 467. The fourth-order valence-electron chi connectivity index (χ4n) is 3.06. The molecular formula is C17H24O3. The predicted octanol–water partition coefficient (Wildman–Crippen LogP) is 3.64. The van der Waals surface area contributed by atoms with Gasteiger partial charge in [-0.1, -0.05) is 25.8 Å². The van der Waals surface area contributed by atoms with Crippen molar-refractivity contribution in [3.05, 3.63) is 23.8 Å². The van der Waals surface area contributed by atoms with Crippen LogP contribution in [0.25, 0.3) is 0 Å². The lowest BCUT2D eigenvalue weighted by Gasteiger charge is -2.25. The van der Waals surface area contributed by atoms with Crippen LogP contribution in [0.4, 0.5) is 0 Å². The van der Waals surface area contributed by atoms with Gasteiger partial charge in [-0.3, -0.25) is 4.79 Å². The Kier molecular flexibility index (Phi) is 5.05. The molecule has 3 heteroatoms. The molecular weight excluding hydrogens is 252 g/mol. The minimum Gasteiger partial charge on any atom is -0.493 e. The molecule has 1 aromatic rings. The Hall–Kier alpha value is -1.51. The summed E-state index contributed by atoms with van der Waals surface area (Å²) in [7, 11) is 3.23. The summed E-state index contributed by atoms with van der Waals surface area (Å²) in [6.45, 7) is 2.25. The third kappa shape index (κ3) is 3.53. The van der Waals surface area contributed by atoms with Crippen LogP contribution in [0, 0.1) is 11.8 Å². The van der Waals surface area contributed by atoms with E-state index in [2.05, 4.69) is 6.92 Å². The van der Waals surface area contributed by atoms with E-state index < -0.39 is 0 Å². The quantitative estimate of drug-likeness (QED) is 0.823. The van der Waals surface area contributed by atoms with Gasteiger partial charge in [0.15, 0.2) is 11.5 Å². The molecule has 0 amide bonds. The summed E-state index contributed by atoms with van der Waals surface area (Å²) in [5.74, 6) is 2.68. The fraction of sp³-hybridized carbons (Fsp3) is 0.588. The fourth-order valence-corrected chi connectivity index (χ4v) is 3.06.